The summed E-state index contributed by atoms with van der Waals surface area (Å²) in [5.41, 5.74) is 8.18. The first kappa shape index (κ1) is 17.3. The number of benzene rings is 1. The molecule has 0 unspecified atom stereocenters. The number of hydrogen-bond donors (Lipinski definition) is 2. The molecular formula is C15H19F3N4O. The van der Waals surface area contributed by atoms with Gasteiger partial charge in [-0.05, 0) is 31.3 Å². The van der Waals surface area contributed by atoms with Crippen molar-refractivity contribution in [2.75, 3.05) is 26.7 Å². The zero-order valence-electron chi connectivity index (χ0n) is 12.7. The molecule has 0 aliphatic rings. The Labute approximate surface area is 132 Å². The summed E-state index contributed by atoms with van der Waals surface area (Å²) in [7, 11) is 1.96. The van der Waals surface area contributed by atoms with E-state index in [1.54, 1.807) is 18.3 Å². The van der Waals surface area contributed by atoms with E-state index in [0.29, 0.717) is 13.1 Å². The fraction of sp³-hybridized carbons (Fsp3) is 0.400. The average molecular weight is 328 g/mol. The number of nitrogens with two attached hydrogens (primary N) is 1. The van der Waals surface area contributed by atoms with E-state index in [0.717, 1.165) is 23.4 Å². The lowest BCUT2D eigenvalue weighted by Crippen LogP contribution is -2.25. The molecule has 1 aromatic carbocycles. The number of hydrogen-bond acceptors (Lipinski definition) is 4. The van der Waals surface area contributed by atoms with E-state index in [1.807, 2.05) is 7.05 Å². The van der Waals surface area contributed by atoms with Crippen molar-refractivity contribution >= 4 is 0 Å². The second-order valence-electron chi connectivity index (χ2n) is 5.22. The van der Waals surface area contributed by atoms with E-state index in [-0.39, 0.29) is 5.75 Å². The van der Waals surface area contributed by atoms with Crippen LogP contribution in [-0.4, -0.2) is 48.0 Å². The Morgan fingerprint density at radius 2 is 1.96 bits per heavy atom. The molecule has 0 amide bonds. The first-order chi connectivity index (χ1) is 10.9. The minimum atomic E-state index is -4.34. The van der Waals surface area contributed by atoms with E-state index < -0.39 is 12.8 Å². The lowest BCUT2D eigenvalue weighted by Gasteiger charge is -2.15. The van der Waals surface area contributed by atoms with Crippen molar-refractivity contribution in [1.82, 2.24) is 15.1 Å². The number of rotatable bonds is 7. The highest BCUT2D eigenvalue weighted by Gasteiger charge is 2.28. The Bertz CT molecular complexity index is 610. The molecule has 0 atom stereocenters. The van der Waals surface area contributed by atoms with Gasteiger partial charge < -0.3 is 15.4 Å². The van der Waals surface area contributed by atoms with Crippen molar-refractivity contribution in [2.24, 2.45) is 5.73 Å². The van der Waals surface area contributed by atoms with Crippen LogP contribution >= 0.6 is 0 Å². The van der Waals surface area contributed by atoms with Gasteiger partial charge in [0, 0.05) is 30.8 Å². The first-order valence-corrected chi connectivity index (χ1v) is 7.10. The number of halogens is 3. The van der Waals surface area contributed by atoms with Crippen LogP contribution in [0.4, 0.5) is 13.2 Å². The molecule has 0 bridgehead atoms. The van der Waals surface area contributed by atoms with Gasteiger partial charge in [0.05, 0.1) is 11.9 Å². The average Bonchev–Trinajstić information content (AvgIpc) is 2.93. The zero-order valence-corrected chi connectivity index (χ0v) is 12.7. The molecule has 0 spiro atoms. The predicted octanol–water partition coefficient (Wildman–Crippen LogP) is 2.41. The Kier molecular flexibility index (Phi) is 5.62. The summed E-state index contributed by atoms with van der Waals surface area (Å²) in [5.74, 6) is 0.174. The van der Waals surface area contributed by atoms with Crippen LogP contribution in [0.2, 0.25) is 0 Å². The Hall–Kier alpha value is -2.06. The molecule has 2 aromatic rings. The number of alkyl halides is 3. The third kappa shape index (κ3) is 5.26. The van der Waals surface area contributed by atoms with Gasteiger partial charge in [0.15, 0.2) is 6.61 Å². The third-order valence-electron chi connectivity index (χ3n) is 3.21. The smallest absolute Gasteiger partial charge is 0.422 e. The quantitative estimate of drug-likeness (QED) is 0.819. The highest BCUT2D eigenvalue weighted by Crippen LogP contribution is 2.25. The monoisotopic (exact) mass is 328 g/mol. The first-order valence-electron chi connectivity index (χ1n) is 7.10. The molecule has 1 heterocycles. The van der Waals surface area contributed by atoms with Gasteiger partial charge in [-0.25, -0.2) is 0 Å². The number of nitrogens with zero attached hydrogens (tertiary/aromatic N) is 2. The number of aromatic amines is 1. The molecule has 0 saturated carbocycles. The molecule has 3 N–H and O–H groups in total. The molecule has 1 aromatic heterocycles. The lowest BCUT2D eigenvalue weighted by molar-refractivity contribution is -0.153. The van der Waals surface area contributed by atoms with Gasteiger partial charge in [0.1, 0.15) is 5.75 Å². The van der Waals surface area contributed by atoms with E-state index in [4.69, 9.17) is 10.5 Å². The normalized spacial score (nSPS) is 11.9. The third-order valence-corrected chi connectivity index (χ3v) is 3.21. The standard InChI is InChI=1S/C15H19F3N4O/c1-22(7-6-19)9-12-8-20-21-14(12)11-2-4-13(5-3-11)23-10-15(16,17)18/h2-5,8H,6-7,9-10,19H2,1H3,(H,20,21). The summed E-state index contributed by atoms with van der Waals surface area (Å²) in [6.45, 7) is 0.699. The summed E-state index contributed by atoms with van der Waals surface area (Å²) < 4.78 is 41.1. The number of aromatic nitrogens is 2. The molecular weight excluding hydrogens is 309 g/mol. The Balaban J connectivity index is 2.06. The van der Waals surface area contributed by atoms with E-state index in [1.165, 1.54) is 12.1 Å². The van der Waals surface area contributed by atoms with Crippen LogP contribution in [0.25, 0.3) is 11.3 Å². The Morgan fingerprint density at radius 3 is 2.57 bits per heavy atom. The summed E-state index contributed by atoms with van der Waals surface area (Å²) in [4.78, 5) is 2.06. The second-order valence-corrected chi connectivity index (χ2v) is 5.22. The molecule has 23 heavy (non-hydrogen) atoms. The van der Waals surface area contributed by atoms with Crippen LogP contribution in [0.15, 0.2) is 30.5 Å². The van der Waals surface area contributed by atoms with E-state index in [9.17, 15) is 13.2 Å². The predicted molar refractivity (Wildman–Crippen MR) is 81.0 cm³/mol. The van der Waals surface area contributed by atoms with E-state index in [2.05, 4.69) is 15.1 Å². The van der Waals surface area contributed by atoms with E-state index >= 15 is 0 Å². The van der Waals surface area contributed by atoms with Gasteiger partial charge in [-0.1, -0.05) is 0 Å². The molecule has 0 saturated heterocycles. The van der Waals surface area contributed by atoms with Gasteiger partial charge >= 0.3 is 6.18 Å². The van der Waals surface area contributed by atoms with Crippen molar-refractivity contribution in [3.8, 4) is 17.0 Å². The van der Waals surface area contributed by atoms with Crippen LogP contribution in [0.1, 0.15) is 5.56 Å². The van der Waals surface area contributed by atoms with Crippen LogP contribution < -0.4 is 10.5 Å². The molecule has 0 radical (unpaired) electrons. The van der Waals surface area contributed by atoms with Gasteiger partial charge in [-0.15, -0.1) is 0 Å². The van der Waals surface area contributed by atoms with Gasteiger partial charge in [-0.3, -0.25) is 5.10 Å². The maximum Gasteiger partial charge on any atom is 0.422 e. The second kappa shape index (κ2) is 7.47. The zero-order chi connectivity index (χ0) is 16.9. The van der Waals surface area contributed by atoms with Crippen molar-refractivity contribution in [3.05, 3.63) is 36.0 Å². The fourth-order valence-electron chi connectivity index (χ4n) is 2.15. The van der Waals surface area contributed by atoms with Crippen molar-refractivity contribution < 1.29 is 17.9 Å². The minimum Gasteiger partial charge on any atom is -0.484 e. The fourth-order valence-corrected chi connectivity index (χ4v) is 2.15. The van der Waals surface area contributed by atoms with Crippen LogP contribution in [0, 0.1) is 0 Å². The van der Waals surface area contributed by atoms with Gasteiger partial charge in [-0.2, -0.15) is 18.3 Å². The summed E-state index contributed by atoms with van der Waals surface area (Å²) in [5, 5.41) is 6.96. The molecule has 2 rings (SSSR count). The Morgan fingerprint density at radius 1 is 1.26 bits per heavy atom. The topological polar surface area (TPSA) is 67.2 Å². The number of likely N-dealkylation sites (N-methyl/N-ethyl adjacent to an activating group) is 1. The number of ether oxygens (including phenoxy) is 1. The molecule has 0 fully saturated rings. The molecule has 0 aliphatic heterocycles. The maximum atomic E-state index is 12.1. The SMILES string of the molecule is CN(CCN)Cc1cn[nH]c1-c1ccc(OCC(F)(F)F)cc1. The maximum absolute atomic E-state index is 12.1. The largest absolute Gasteiger partial charge is 0.484 e. The molecule has 8 heteroatoms. The van der Waals surface area contributed by atoms with Crippen molar-refractivity contribution in [1.29, 1.82) is 0 Å². The summed E-state index contributed by atoms with van der Waals surface area (Å²) in [6, 6.07) is 6.42. The summed E-state index contributed by atoms with van der Waals surface area (Å²) >= 11 is 0. The molecule has 0 aliphatic carbocycles. The van der Waals surface area contributed by atoms with Gasteiger partial charge in [0.2, 0.25) is 0 Å². The lowest BCUT2D eigenvalue weighted by atomic mass is 10.1. The summed E-state index contributed by atoms with van der Waals surface area (Å²) in [6.07, 6.45) is -2.61. The van der Waals surface area contributed by atoms with Crippen molar-refractivity contribution in [2.45, 2.75) is 12.7 Å². The van der Waals surface area contributed by atoms with Crippen LogP contribution in [0.5, 0.6) is 5.75 Å². The highest BCUT2D eigenvalue weighted by molar-refractivity contribution is 5.63. The molecule has 5 nitrogen and oxygen atoms in total. The minimum absolute atomic E-state index is 0.174. The van der Waals surface area contributed by atoms with Gasteiger partial charge in [0.25, 0.3) is 0 Å². The van der Waals surface area contributed by atoms with Crippen LogP contribution in [-0.2, 0) is 6.54 Å². The van der Waals surface area contributed by atoms with Crippen LogP contribution in [0.3, 0.4) is 0 Å². The highest BCUT2D eigenvalue weighted by atomic mass is 19.4. The molecule has 126 valence electrons. The van der Waals surface area contributed by atoms with Crippen molar-refractivity contribution in [3.63, 3.8) is 0 Å². The number of H-pyrrole nitrogens is 1. The number of nitrogens with one attached hydrogen (secondary N) is 1.